The summed E-state index contributed by atoms with van der Waals surface area (Å²) in [5.74, 6) is 0.0146. The summed E-state index contributed by atoms with van der Waals surface area (Å²) in [6, 6.07) is 4.40. The molecule has 16 heavy (non-hydrogen) atoms. The molecule has 0 aliphatic carbocycles. The van der Waals surface area contributed by atoms with Gasteiger partial charge in [0.1, 0.15) is 11.5 Å². The van der Waals surface area contributed by atoms with Crippen LogP contribution in [0.4, 0.5) is 5.69 Å². The Labute approximate surface area is 103 Å². The third-order valence-electron chi connectivity index (χ3n) is 2.25. The molecule has 0 aromatic heterocycles. The van der Waals surface area contributed by atoms with E-state index in [1.54, 1.807) is 11.0 Å². The smallest absolute Gasteiger partial charge is 0.142 e. The van der Waals surface area contributed by atoms with Crippen molar-refractivity contribution in [3.8, 4) is 11.5 Å². The summed E-state index contributed by atoms with van der Waals surface area (Å²) in [5.41, 5.74) is 0.578. The number of hydrogen-bond donors (Lipinski definition) is 2. The fraction of sp³-hybridized carbons (Fsp3) is 0.333. The van der Waals surface area contributed by atoms with Crippen LogP contribution in [0.25, 0.3) is 0 Å². The number of anilines is 1. The van der Waals surface area contributed by atoms with Crippen LogP contribution in [-0.2, 0) is 0 Å². The zero-order chi connectivity index (χ0) is 11.7. The second-order valence-electron chi connectivity index (χ2n) is 3.56. The van der Waals surface area contributed by atoms with Gasteiger partial charge in [0.05, 0.1) is 25.7 Å². The second kappa shape index (κ2) is 4.55. The van der Waals surface area contributed by atoms with Gasteiger partial charge in [-0.1, -0.05) is 0 Å². The van der Waals surface area contributed by atoms with E-state index in [2.05, 4.69) is 0 Å². The third-order valence-corrected chi connectivity index (χ3v) is 2.68. The molecule has 0 atom stereocenters. The average molecular weight is 264 g/mol. The molecule has 1 aliphatic heterocycles. The molecule has 0 radical (unpaired) electrons. The van der Waals surface area contributed by atoms with Crippen LogP contribution >= 0.6 is 23.6 Å². The van der Waals surface area contributed by atoms with Crippen molar-refractivity contribution < 1.29 is 10.2 Å². The minimum Gasteiger partial charge on any atom is -0.508 e. The van der Waals surface area contributed by atoms with E-state index in [1.165, 1.54) is 21.0 Å². The van der Waals surface area contributed by atoms with E-state index in [0.717, 1.165) is 0 Å². The molecule has 2 N–H and O–H groups in total. The lowest BCUT2D eigenvalue weighted by molar-refractivity contribution is 0.247. The van der Waals surface area contributed by atoms with E-state index >= 15 is 0 Å². The Hall–Kier alpha value is -0.880. The van der Waals surface area contributed by atoms with Crippen LogP contribution in [0, 0.1) is 0 Å². The number of aromatic hydroxyl groups is 2. The Morgan fingerprint density at radius 1 is 1.00 bits per heavy atom. The monoisotopic (exact) mass is 263 g/mol. The van der Waals surface area contributed by atoms with Crippen LogP contribution < -0.4 is 4.90 Å². The highest BCUT2D eigenvalue weighted by Gasteiger charge is 2.23. The van der Waals surface area contributed by atoms with E-state index in [-0.39, 0.29) is 11.5 Å². The molecule has 0 bridgehead atoms. The first-order valence-electron chi connectivity index (χ1n) is 4.64. The summed E-state index contributed by atoms with van der Waals surface area (Å²) in [7, 11) is 0. The Balaban J connectivity index is 2.23. The molecule has 2 rings (SSSR count). The van der Waals surface area contributed by atoms with Crippen molar-refractivity contribution in [3.05, 3.63) is 18.2 Å². The highest BCUT2D eigenvalue weighted by Crippen LogP contribution is 2.32. The van der Waals surface area contributed by atoms with Gasteiger partial charge in [-0.3, -0.25) is 0 Å². The number of phenolic OH excluding ortho intramolecular Hbond substituents is 2. The van der Waals surface area contributed by atoms with Gasteiger partial charge in [0.25, 0.3) is 0 Å². The molecule has 5 nitrogen and oxygen atoms in total. The normalized spacial score (nSPS) is 19.0. The number of rotatable bonds is 1. The van der Waals surface area contributed by atoms with Gasteiger partial charge in [0.15, 0.2) is 0 Å². The van der Waals surface area contributed by atoms with Gasteiger partial charge >= 0.3 is 0 Å². The molecule has 1 heterocycles. The lowest BCUT2D eigenvalue weighted by Crippen LogP contribution is -2.48. The Morgan fingerprint density at radius 3 is 2.19 bits per heavy atom. The molecular weight excluding hydrogens is 253 g/mol. The van der Waals surface area contributed by atoms with Crippen molar-refractivity contribution in [1.82, 2.24) is 8.84 Å². The van der Waals surface area contributed by atoms with Gasteiger partial charge < -0.3 is 15.1 Å². The van der Waals surface area contributed by atoms with Crippen molar-refractivity contribution in [2.45, 2.75) is 0 Å². The van der Waals surface area contributed by atoms with Gasteiger partial charge in [0.2, 0.25) is 0 Å². The number of phenols is 2. The first-order chi connectivity index (χ1) is 7.56. The summed E-state index contributed by atoms with van der Waals surface area (Å²) in [4.78, 5) is 1.79. The average Bonchev–Trinajstić information content (AvgIpc) is 2.15. The van der Waals surface area contributed by atoms with Crippen LogP contribution in [-0.4, -0.2) is 39.1 Å². The Morgan fingerprint density at radius 2 is 1.62 bits per heavy atom. The van der Waals surface area contributed by atoms with Crippen molar-refractivity contribution in [3.63, 3.8) is 0 Å². The largest absolute Gasteiger partial charge is 0.508 e. The van der Waals surface area contributed by atoms with Crippen LogP contribution in [0.5, 0.6) is 11.5 Å². The second-order valence-corrected chi connectivity index (χ2v) is 4.52. The standard InChI is InChI=1S/C9H11Cl2N3O2/c10-13-4-12(5-14(11)6-13)8-2-1-7(15)3-9(8)16/h1-3,15-16H,4-6H2. The molecule has 0 spiro atoms. The number of benzene rings is 1. The predicted octanol–water partition coefficient (Wildman–Crippen LogP) is 1.70. The first-order valence-corrected chi connectivity index (χ1v) is 5.32. The molecule has 1 aromatic carbocycles. The van der Waals surface area contributed by atoms with Crippen molar-refractivity contribution in [2.75, 3.05) is 24.9 Å². The molecular formula is C9H11Cl2N3O2. The van der Waals surface area contributed by atoms with Crippen molar-refractivity contribution in [1.29, 1.82) is 0 Å². The van der Waals surface area contributed by atoms with Crippen molar-refractivity contribution in [2.24, 2.45) is 0 Å². The molecule has 1 saturated heterocycles. The van der Waals surface area contributed by atoms with E-state index in [4.69, 9.17) is 23.6 Å². The SMILES string of the molecule is Oc1ccc(N2CN(Cl)CN(Cl)C2)c(O)c1. The minimum atomic E-state index is -0.00275. The fourth-order valence-electron chi connectivity index (χ4n) is 1.60. The molecule has 88 valence electrons. The van der Waals surface area contributed by atoms with Gasteiger partial charge in [-0.25, -0.2) is 0 Å². The molecule has 0 amide bonds. The third kappa shape index (κ3) is 2.44. The fourth-order valence-corrected chi connectivity index (χ4v) is 2.17. The Bertz CT molecular complexity index is 381. The molecule has 1 aliphatic rings. The number of nitrogens with zero attached hydrogens (tertiary/aromatic N) is 3. The molecule has 0 saturated carbocycles. The molecule has 1 aromatic rings. The van der Waals surface area contributed by atoms with Crippen LogP contribution in [0.1, 0.15) is 0 Å². The maximum atomic E-state index is 9.69. The molecule has 7 heteroatoms. The van der Waals surface area contributed by atoms with Crippen LogP contribution in [0.15, 0.2) is 18.2 Å². The zero-order valence-electron chi connectivity index (χ0n) is 8.35. The van der Waals surface area contributed by atoms with Crippen molar-refractivity contribution >= 4 is 29.2 Å². The maximum absolute atomic E-state index is 9.69. The van der Waals surface area contributed by atoms with Crippen LogP contribution in [0.2, 0.25) is 0 Å². The van der Waals surface area contributed by atoms with Gasteiger partial charge in [-0.05, 0) is 35.7 Å². The summed E-state index contributed by atoms with van der Waals surface area (Å²) in [6.07, 6.45) is 0. The lowest BCUT2D eigenvalue weighted by atomic mass is 10.2. The van der Waals surface area contributed by atoms with E-state index in [9.17, 15) is 10.2 Å². The van der Waals surface area contributed by atoms with E-state index in [1.807, 2.05) is 0 Å². The minimum absolute atomic E-state index is 0.00275. The summed E-state index contributed by atoms with van der Waals surface area (Å²) >= 11 is 11.7. The van der Waals surface area contributed by atoms with Gasteiger partial charge in [-0.2, -0.15) is 8.84 Å². The predicted molar refractivity (Wildman–Crippen MR) is 62.2 cm³/mol. The topological polar surface area (TPSA) is 50.2 Å². The quantitative estimate of drug-likeness (QED) is 0.756. The highest BCUT2D eigenvalue weighted by molar-refractivity contribution is 6.15. The number of hydrogen-bond acceptors (Lipinski definition) is 5. The summed E-state index contributed by atoms with van der Waals surface area (Å²) in [5, 5.41) is 18.9. The zero-order valence-corrected chi connectivity index (χ0v) is 9.86. The maximum Gasteiger partial charge on any atom is 0.142 e. The van der Waals surface area contributed by atoms with Gasteiger partial charge in [-0.15, -0.1) is 0 Å². The molecule has 0 unspecified atom stereocenters. The summed E-state index contributed by atoms with van der Waals surface area (Å²) in [6.45, 7) is 1.34. The van der Waals surface area contributed by atoms with E-state index < -0.39 is 0 Å². The van der Waals surface area contributed by atoms with Crippen LogP contribution in [0.3, 0.4) is 0 Å². The van der Waals surface area contributed by atoms with E-state index in [0.29, 0.717) is 25.7 Å². The summed E-state index contributed by atoms with van der Waals surface area (Å²) < 4.78 is 2.98. The van der Waals surface area contributed by atoms with Gasteiger partial charge in [0, 0.05) is 6.07 Å². The lowest BCUT2D eigenvalue weighted by Gasteiger charge is -2.37. The first kappa shape index (κ1) is 11.6. The Kier molecular flexibility index (Phi) is 3.30. The number of halogens is 2. The highest BCUT2D eigenvalue weighted by atomic mass is 35.5. The molecule has 1 fully saturated rings.